The molecule has 0 aliphatic carbocycles. The van der Waals surface area contributed by atoms with Crippen molar-refractivity contribution in [2.75, 3.05) is 23.9 Å². The van der Waals surface area contributed by atoms with E-state index < -0.39 is 0 Å². The van der Waals surface area contributed by atoms with Crippen LogP contribution < -0.4 is 0 Å². The maximum Gasteiger partial charge on any atom is 0.0783 e. The molecule has 1 aromatic rings. The van der Waals surface area contributed by atoms with Gasteiger partial charge in [0, 0.05) is 27.5 Å². The van der Waals surface area contributed by atoms with Crippen molar-refractivity contribution in [1.29, 1.82) is 0 Å². The molecule has 2 heterocycles. The normalized spacial score (nSPS) is 30.7. The zero-order chi connectivity index (χ0) is 14.7. The van der Waals surface area contributed by atoms with Gasteiger partial charge in [-0.2, -0.15) is 11.8 Å². The molecule has 21 heavy (non-hydrogen) atoms. The van der Waals surface area contributed by atoms with Gasteiger partial charge in [-0.05, 0) is 59.0 Å². The van der Waals surface area contributed by atoms with E-state index in [4.69, 9.17) is 4.74 Å². The van der Waals surface area contributed by atoms with Crippen LogP contribution in [-0.4, -0.2) is 40.7 Å². The zero-order valence-electron chi connectivity index (χ0n) is 12.0. The van der Waals surface area contributed by atoms with Gasteiger partial charge in [-0.15, -0.1) is 11.8 Å². The van der Waals surface area contributed by atoms with Crippen molar-refractivity contribution in [3.8, 4) is 0 Å². The van der Waals surface area contributed by atoms with Crippen LogP contribution >= 0.6 is 39.5 Å². The van der Waals surface area contributed by atoms with E-state index in [-0.39, 0.29) is 11.7 Å². The molecule has 1 N–H and O–H groups in total. The highest BCUT2D eigenvalue weighted by atomic mass is 79.9. The average molecular weight is 389 g/mol. The molecule has 0 amide bonds. The molecular weight excluding hydrogens is 368 g/mol. The number of aliphatic hydroxyl groups is 1. The van der Waals surface area contributed by atoms with Gasteiger partial charge in [0.15, 0.2) is 0 Å². The van der Waals surface area contributed by atoms with Gasteiger partial charge < -0.3 is 9.84 Å². The zero-order valence-corrected chi connectivity index (χ0v) is 15.2. The summed E-state index contributed by atoms with van der Waals surface area (Å²) < 4.78 is 7.15. The van der Waals surface area contributed by atoms with Gasteiger partial charge in [-0.3, -0.25) is 0 Å². The largest absolute Gasteiger partial charge is 0.392 e. The highest BCUT2D eigenvalue weighted by Crippen LogP contribution is 2.42. The quantitative estimate of drug-likeness (QED) is 0.782. The maximum atomic E-state index is 10.6. The summed E-state index contributed by atoms with van der Waals surface area (Å²) in [5.74, 6) is 3.45. The predicted molar refractivity (Wildman–Crippen MR) is 94.2 cm³/mol. The van der Waals surface area contributed by atoms with Crippen molar-refractivity contribution in [2.24, 2.45) is 5.92 Å². The van der Waals surface area contributed by atoms with Crippen LogP contribution in [0.4, 0.5) is 0 Å². The predicted octanol–water partition coefficient (Wildman–Crippen LogP) is 4.20. The second kappa shape index (κ2) is 7.26. The fourth-order valence-corrected chi connectivity index (χ4v) is 6.14. The first-order valence-corrected chi connectivity index (χ1v) is 10.4. The van der Waals surface area contributed by atoms with E-state index in [0.29, 0.717) is 5.92 Å². The standard InChI is InChI=1S/C16H21BrO2S2/c17-13-3-1-2-4-15(13)21-10-14(18)12-5-7-19-16(9-12)6-8-20-11-16/h1-4,12,14,18H,5-11H2. The van der Waals surface area contributed by atoms with Gasteiger partial charge in [-0.1, -0.05) is 12.1 Å². The summed E-state index contributed by atoms with van der Waals surface area (Å²) in [6, 6.07) is 8.21. The third kappa shape index (κ3) is 3.99. The van der Waals surface area contributed by atoms with Crippen LogP contribution in [0.15, 0.2) is 33.6 Å². The summed E-state index contributed by atoms with van der Waals surface area (Å²) >= 11 is 7.29. The van der Waals surface area contributed by atoms with E-state index in [1.54, 1.807) is 11.8 Å². The first-order chi connectivity index (χ1) is 10.2. The molecular formula is C16H21BrO2S2. The molecule has 3 unspecified atom stereocenters. The lowest BCUT2D eigenvalue weighted by molar-refractivity contribution is -0.0977. The van der Waals surface area contributed by atoms with E-state index in [9.17, 15) is 5.11 Å². The Morgan fingerprint density at radius 2 is 2.33 bits per heavy atom. The third-order valence-electron chi connectivity index (χ3n) is 4.39. The summed E-state index contributed by atoms with van der Waals surface area (Å²) in [4.78, 5) is 1.20. The number of hydrogen-bond donors (Lipinski definition) is 1. The van der Waals surface area contributed by atoms with E-state index in [0.717, 1.165) is 41.8 Å². The Labute approximate surface area is 143 Å². The molecule has 3 rings (SSSR count). The molecule has 0 radical (unpaired) electrons. The molecule has 2 nitrogen and oxygen atoms in total. The van der Waals surface area contributed by atoms with Gasteiger partial charge in [0.1, 0.15) is 0 Å². The van der Waals surface area contributed by atoms with Crippen LogP contribution in [0, 0.1) is 5.92 Å². The SMILES string of the molecule is OC(CSc1ccccc1Br)C1CCOC2(CCSC2)C1. The molecule has 2 aliphatic heterocycles. The van der Waals surface area contributed by atoms with Crippen LogP contribution in [0.25, 0.3) is 0 Å². The molecule has 1 spiro atoms. The first-order valence-electron chi connectivity index (χ1n) is 7.46. The number of ether oxygens (including phenoxy) is 1. The van der Waals surface area contributed by atoms with Gasteiger partial charge in [-0.25, -0.2) is 0 Å². The molecule has 5 heteroatoms. The average Bonchev–Trinajstić information content (AvgIpc) is 2.94. The maximum absolute atomic E-state index is 10.6. The second-order valence-corrected chi connectivity index (χ2v) is 8.92. The topological polar surface area (TPSA) is 29.5 Å². The summed E-state index contributed by atoms with van der Waals surface area (Å²) in [6.45, 7) is 0.808. The van der Waals surface area contributed by atoms with Crippen LogP contribution in [-0.2, 0) is 4.74 Å². The molecule has 0 aromatic heterocycles. The first kappa shape index (κ1) is 16.2. The second-order valence-electron chi connectivity index (χ2n) is 5.90. The number of aliphatic hydroxyl groups excluding tert-OH is 1. The summed E-state index contributed by atoms with van der Waals surface area (Å²) in [6.07, 6.45) is 2.92. The number of benzene rings is 1. The number of halogens is 1. The molecule has 2 fully saturated rings. The monoisotopic (exact) mass is 388 g/mol. The molecule has 2 aliphatic rings. The van der Waals surface area contributed by atoms with Crippen molar-refractivity contribution in [1.82, 2.24) is 0 Å². The van der Waals surface area contributed by atoms with E-state index in [1.807, 2.05) is 30.0 Å². The Kier molecular flexibility index (Phi) is 5.60. The van der Waals surface area contributed by atoms with Crippen LogP contribution in [0.1, 0.15) is 19.3 Å². The van der Waals surface area contributed by atoms with E-state index in [1.165, 1.54) is 10.6 Å². The molecule has 0 saturated carbocycles. The van der Waals surface area contributed by atoms with Crippen molar-refractivity contribution in [2.45, 2.75) is 35.9 Å². The minimum atomic E-state index is -0.242. The van der Waals surface area contributed by atoms with Crippen molar-refractivity contribution >= 4 is 39.5 Å². The highest BCUT2D eigenvalue weighted by molar-refractivity contribution is 9.10. The van der Waals surface area contributed by atoms with Gasteiger partial charge in [0.25, 0.3) is 0 Å². The number of rotatable bonds is 4. The lowest BCUT2D eigenvalue weighted by Gasteiger charge is -2.39. The minimum Gasteiger partial charge on any atom is -0.392 e. The summed E-state index contributed by atoms with van der Waals surface area (Å²) in [7, 11) is 0. The lowest BCUT2D eigenvalue weighted by atomic mass is 9.83. The highest BCUT2D eigenvalue weighted by Gasteiger charge is 2.42. The van der Waals surface area contributed by atoms with Crippen LogP contribution in [0.5, 0.6) is 0 Å². The number of thioether (sulfide) groups is 2. The molecule has 116 valence electrons. The summed E-state index contributed by atoms with van der Waals surface area (Å²) in [5, 5.41) is 10.6. The van der Waals surface area contributed by atoms with Crippen molar-refractivity contribution < 1.29 is 9.84 Å². The smallest absolute Gasteiger partial charge is 0.0783 e. The van der Waals surface area contributed by atoms with Crippen molar-refractivity contribution in [3.05, 3.63) is 28.7 Å². The minimum absolute atomic E-state index is 0.0621. The van der Waals surface area contributed by atoms with Gasteiger partial charge in [0.05, 0.1) is 11.7 Å². The van der Waals surface area contributed by atoms with E-state index >= 15 is 0 Å². The fraction of sp³-hybridized carbons (Fsp3) is 0.625. The molecule has 1 aromatic carbocycles. The Morgan fingerprint density at radius 3 is 3.10 bits per heavy atom. The van der Waals surface area contributed by atoms with Crippen LogP contribution in [0.3, 0.4) is 0 Å². The Bertz CT molecular complexity index is 477. The number of hydrogen-bond acceptors (Lipinski definition) is 4. The van der Waals surface area contributed by atoms with Crippen LogP contribution in [0.2, 0.25) is 0 Å². The lowest BCUT2D eigenvalue weighted by Crippen LogP contribution is -2.43. The summed E-state index contributed by atoms with van der Waals surface area (Å²) in [5.41, 5.74) is 0.0621. The Hall–Kier alpha value is 0.320. The molecule has 3 atom stereocenters. The Morgan fingerprint density at radius 1 is 1.48 bits per heavy atom. The Balaban J connectivity index is 1.55. The molecule has 0 bridgehead atoms. The molecule has 2 saturated heterocycles. The third-order valence-corrected chi connectivity index (χ3v) is 7.74. The van der Waals surface area contributed by atoms with E-state index in [2.05, 4.69) is 22.0 Å². The van der Waals surface area contributed by atoms with Gasteiger partial charge >= 0.3 is 0 Å². The fourth-order valence-electron chi connectivity index (χ4n) is 3.13. The van der Waals surface area contributed by atoms with Gasteiger partial charge in [0.2, 0.25) is 0 Å². The van der Waals surface area contributed by atoms with Crippen molar-refractivity contribution in [3.63, 3.8) is 0 Å².